The second kappa shape index (κ2) is 15.8. The Labute approximate surface area is 278 Å². The molecule has 46 heavy (non-hydrogen) atoms. The number of aryl methyl sites for hydroxylation is 2. The highest BCUT2D eigenvalue weighted by Gasteiger charge is 2.50. The van der Waals surface area contributed by atoms with Gasteiger partial charge in [-0.15, -0.1) is 0 Å². The van der Waals surface area contributed by atoms with Gasteiger partial charge in [-0.2, -0.15) is 0 Å². The lowest BCUT2D eigenvalue weighted by Crippen LogP contribution is -2.66. The number of piperidine rings is 1. The monoisotopic (exact) mass is 648 g/mol. The molecule has 0 bridgehead atoms. The summed E-state index contributed by atoms with van der Waals surface area (Å²) in [6.07, 6.45) is 2.23. The van der Waals surface area contributed by atoms with Crippen molar-refractivity contribution in [3.63, 3.8) is 0 Å². The summed E-state index contributed by atoms with van der Waals surface area (Å²) in [5.74, 6) is 0. The highest BCUT2D eigenvalue weighted by Crippen LogP contribution is 2.37. The van der Waals surface area contributed by atoms with Crippen LogP contribution >= 0.6 is 0 Å². The summed E-state index contributed by atoms with van der Waals surface area (Å²) in [4.78, 5) is 14.7. The molecule has 2 heterocycles. The highest BCUT2D eigenvalue weighted by molar-refractivity contribution is 6.99. The van der Waals surface area contributed by atoms with Crippen LogP contribution in [0.4, 0.5) is 4.79 Å². The molecule has 1 aliphatic heterocycles. The minimum Gasteiger partial charge on any atom is -0.444 e. The van der Waals surface area contributed by atoms with Gasteiger partial charge in [0.05, 0.1) is 31.9 Å². The van der Waals surface area contributed by atoms with Gasteiger partial charge >= 0.3 is 6.09 Å². The molecule has 1 aromatic heterocycles. The highest BCUT2D eigenvalue weighted by atomic mass is 28.4. The first-order valence-electron chi connectivity index (χ1n) is 16.9. The summed E-state index contributed by atoms with van der Waals surface area (Å²) in [6.45, 7) is 20.4. The molecule has 3 aromatic rings. The number of benzene rings is 2. The number of hydrogen-bond donors (Lipinski definition) is 0. The van der Waals surface area contributed by atoms with Crippen LogP contribution in [0.3, 0.4) is 0 Å². The van der Waals surface area contributed by atoms with E-state index in [9.17, 15) is 4.79 Å². The van der Waals surface area contributed by atoms with E-state index in [2.05, 4.69) is 112 Å². The van der Waals surface area contributed by atoms with Gasteiger partial charge in [0.25, 0.3) is 8.32 Å². The van der Waals surface area contributed by atoms with E-state index in [0.29, 0.717) is 39.5 Å². The third-order valence-electron chi connectivity index (χ3n) is 8.81. The Morgan fingerprint density at radius 3 is 1.89 bits per heavy atom. The van der Waals surface area contributed by atoms with Crippen molar-refractivity contribution in [2.45, 2.75) is 97.4 Å². The van der Waals surface area contributed by atoms with Crippen LogP contribution in [0.2, 0.25) is 5.04 Å². The maximum atomic E-state index is 12.9. The molecule has 0 aliphatic carbocycles. The average Bonchev–Trinajstić information content (AvgIpc) is 3.34. The van der Waals surface area contributed by atoms with Gasteiger partial charge in [0.2, 0.25) is 0 Å². The van der Waals surface area contributed by atoms with E-state index in [1.165, 1.54) is 21.8 Å². The van der Waals surface area contributed by atoms with E-state index >= 15 is 0 Å². The fourth-order valence-electron chi connectivity index (χ4n) is 6.71. The number of hydrogen-bond acceptors (Lipinski definition) is 5. The first kappa shape index (κ1) is 35.9. The number of aromatic nitrogens is 1. The van der Waals surface area contributed by atoms with E-state index in [1.807, 2.05) is 20.8 Å². The number of nitrogens with zero attached hydrogens (tertiary/aromatic N) is 2. The van der Waals surface area contributed by atoms with Gasteiger partial charge in [-0.3, -0.25) is 0 Å². The van der Waals surface area contributed by atoms with Crippen LogP contribution in [-0.4, -0.2) is 75.1 Å². The number of carbonyl (C=O) groups excluding carboxylic acids is 1. The zero-order valence-electron chi connectivity index (χ0n) is 29.4. The molecule has 1 fully saturated rings. The average molecular weight is 649 g/mol. The lowest BCUT2D eigenvalue weighted by molar-refractivity contribution is -0.0581. The Morgan fingerprint density at radius 2 is 1.35 bits per heavy atom. The van der Waals surface area contributed by atoms with E-state index in [-0.39, 0.29) is 23.3 Å². The summed E-state index contributed by atoms with van der Waals surface area (Å²) < 4.78 is 27.5. The van der Waals surface area contributed by atoms with Crippen LogP contribution in [0.1, 0.15) is 78.2 Å². The van der Waals surface area contributed by atoms with Crippen molar-refractivity contribution < 1.29 is 23.4 Å². The molecule has 4 rings (SSSR count). The van der Waals surface area contributed by atoms with Crippen molar-refractivity contribution in [3.05, 3.63) is 84.2 Å². The molecule has 0 radical (unpaired) electrons. The van der Waals surface area contributed by atoms with Crippen molar-refractivity contribution in [2.75, 3.05) is 39.5 Å². The van der Waals surface area contributed by atoms with Crippen LogP contribution < -0.4 is 10.4 Å². The van der Waals surface area contributed by atoms with Crippen molar-refractivity contribution in [1.29, 1.82) is 0 Å². The lowest BCUT2D eigenvalue weighted by atomic mass is 10.0. The standard InChI is InChI=1S/C38H56N2O5Si/c1-30-21-22-31(2)40(30)34-23-24-39(36(41)45-37(3,4)5)29-35(34)43-28-27-42-25-15-16-26-44-46(38(6,7)8,32-17-11-9-12-18-32)33-19-13-10-14-20-33/h9-14,17-22,34-35H,15-16,23-29H2,1-8H3/t34-,35+/m1/s1. The van der Waals surface area contributed by atoms with Gasteiger partial charge in [-0.05, 0) is 81.4 Å². The Bertz CT molecular complexity index is 1300. The van der Waals surface area contributed by atoms with Gasteiger partial charge in [0.1, 0.15) is 5.60 Å². The molecule has 0 saturated carbocycles. The van der Waals surface area contributed by atoms with Crippen molar-refractivity contribution >= 4 is 24.8 Å². The van der Waals surface area contributed by atoms with Gasteiger partial charge in [-0.1, -0.05) is 81.4 Å². The summed E-state index contributed by atoms with van der Waals surface area (Å²) in [5, 5.41) is 2.58. The summed E-state index contributed by atoms with van der Waals surface area (Å²) >= 11 is 0. The molecule has 2 atom stereocenters. The molecule has 1 aliphatic rings. The number of unbranched alkanes of at least 4 members (excludes halogenated alkanes) is 1. The molecule has 252 valence electrons. The first-order chi connectivity index (χ1) is 21.8. The van der Waals surface area contributed by atoms with Crippen LogP contribution in [0.5, 0.6) is 0 Å². The number of amides is 1. The van der Waals surface area contributed by atoms with Crippen molar-refractivity contribution in [2.24, 2.45) is 0 Å². The third-order valence-corrected chi connectivity index (χ3v) is 13.9. The van der Waals surface area contributed by atoms with E-state index in [0.717, 1.165) is 19.3 Å². The second-order valence-corrected chi connectivity index (χ2v) is 18.8. The number of ether oxygens (including phenoxy) is 3. The summed E-state index contributed by atoms with van der Waals surface area (Å²) in [6, 6.07) is 26.0. The fourth-order valence-corrected chi connectivity index (χ4v) is 11.3. The maximum Gasteiger partial charge on any atom is 0.410 e. The second-order valence-electron chi connectivity index (χ2n) is 14.5. The van der Waals surface area contributed by atoms with Crippen LogP contribution in [0, 0.1) is 13.8 Å². The molecule has 1 saturated heterocycles. The molecule has 0 unspecified atom stereocenters. The van der Waals surface area contributed by atoms with Crippen molar-refractivity contribution in [3.8, 4) is 0 Å². The van der Waals surface area contributed by atoms with E-state index in [1.54, 1.807) is 4.90 Å². The Hall–Kier alpha value is -2.91. The number of carbonyl (C=O) groups is 1. The smallest absolute Gasteiger partial charge is 0.410 e. The molecule has 0 spiro atoms. The normalized spacial score (nSPS) is 17.7. The molecule has 2 aromatic carbocycles. The summed E-state index contributed by atoms with van der Waals surface area (Å²) in [7, 11) is -2.51. The minimum atomic E-state index is -2.51. The first-order valence-corrected chi connectivity index (χ1v) is 18.8. The zero-order valence-corrected chi connectivity index (χ0v) is 30.4. The molecule has 7 nitrogen and oxygen atoms in total. The fraction of sp³-hybridized carbons (Fsp3) is 0.553. The minimum absolute atomic E-state index is 0.0304. The Morgan fingerprint density at radius 1 is 0.783 bits per heavy atom. The quantitative estimate of drug-likeness (QED) is 0.147. The predicted molar refractivity (Wildman–Crippen MR) is 189 cm³/mol. The van der Waals surface area contributed by atoms with Crippen molar-refractivity contribution in [1.82, 2.24) is 9.47 Å². The van der Waals surface area contributed by atoms with E-state index in [4.69, 9.17) is 18.6 Å². The lowest BCUT2D eigenvalue weighted by Gasteiger charge is -2.43. The van der Waals surface area contributed by atoms with Gasteiger partial charge in [-0.25, -0.2) is 4.79 Å². The summed E-state index contributed by atoms with van der Waals surface area (Å²) in [5.41, 5.74) is 1.88. The molecule has 1 amide bonds. The zero-order chi connectivity index (χ0) is 33.4. The third kappa shape index (κ3) is 8.91. The SMILES string of the molecule is Cc1ccc(C)n1[C@@H]1CCN(C(=O)OC(C)(C)C)C[C@@H]1OCCOCCCCO[Si](c1ccccc1)(c1ccccc1)C(C)(C)C. The molecular weight excluding hydrogens is 593 g/mol. The number of rotatable bonds is 13. The Kier molecular flexibility index (Phi) is 12.3. The molecular formula is C38H56N2O5Si. The maximum absolute atomic E-state index is 12.9. The van der Waals surface area contributed by atoms with Gasteiger partial charge in [0, 0.05) is 31.1 Å². The van der Waals surface area contributed by atoms with Crippen LogP contribution in [0.25, 0.3) is 0 Å². The van der Waals surface area contributed by atoms with E-state index < -0.39 is 13.9 Å². The van der Waals surface area contributed by atoms with Gasteiger partial charge < -0.3 is 28.1 Å². The molecule has 8 heteroatoms. The predicted octanol–water partition coefficient (Wildman–Crippen LogP) is 7.05. The molecule has 0 N–H and O–H groups in total. The number of likely N-dealkylation sites (tertiary alicyclic amines) is 1. The largest absolute Gasteiger partial charge is 0.444 e. The van der Waals surface area contributed by atoms with Crippen LogP contribution in [-0.2, 0) is 18.6 Å². The Balaban J connectivity index is 1.28. The topological polar surface area (TPSA) is 62.2 Å². The van der Waals surface area contributed by atoms with Crippen LogP contribution in [0.15, 0.2) is 72.8 Å². The van der Waals surface area contributed by atoms with Gasteiger partial charge in [0.15, 0.2) is 0 Å².